The molecule has 1 aliphatic rings. The van der Waals surface area contributed by atoms with Crippen molar-refractivity contribution in [2.75, 3.05) is 32.1 Å². The summed E-state index contributed by atoms with van der Waals surface area (Å²) in [4.78, 5) is 13.7. The Morgan fingerprint density at radius 3 is 3.07 bits per heavy atom. The van der Waals surface area contributed by atoms with E-state index in [1.165, 1.54) is 0 Å². The molecule has 0 aliphatic carbocycles. The minimum Gasteiger partial charge on any atom is -0.337 e. The predicted octanol–water partition coefficient (Wildman–Crippen LogP) is 1.01. The summed E-state index contributed by atoms with van der Waals surface area (Å²) in [5.74, 6) is 0.458. The van der Waals surface area contributed by atoms with Gasteiger partial charge in [0.2, 0.25) is 0 Å². The number of nitrogens with one attached hydrogen (secondary N) is 2. The summed E-state index contributed by atoms with van der Waals surface area (Å²) in [7, 11) is 0. The van der Waals surface area contributed by atoms with Crippen LogP contribution in [-0.2, 0) is 0 Å². The highest BCUT2D eigenvalue weighted by Crippen LogP contribution is 2.09. The zero-order valence-corrected chi connectivity index (χ0v) is 10.0. The molecule has 0 aromatic carbocycles. The summed E-state index contributed by atoms with van der Waals surface area (Å²) in [5.41, 5.74) is 0. The highest BCUT2D eigenvalue weighted by atomic mass is 35.5. The summed E-state index contributed by atoms with van der Waals surface area (Å²) in [6.07, 6.45) is 2.24. The number of hydrogen-bond acceptors (Lipinski definition) is 2. The molecule has 5 heteroatoms. The van der Waals surface area contributed by atoms with Gasteiger partial charge < -0.3 is 15.5 Å². The van der Waals surface area contributed by atoms with Crippen LogP contribution >= 0.6 is 11.6 Å². The molecule has 0 bridgehead atoms. The number of alkyl halides is 1. The normalized spacial score (nSPS) is 22.4. The van der Waals surface area contributed by atoms with Gasteiger partial charge in [-0.05, 0) is 25.9 Å². The monoisotopic (exact) mass is 233 g/mol. The van der Waals surface area contributed by atoms with Gasteiger partial charge in [-0.25, -0.2) is 4.79 Å². The van der Waals surface area contributed by atoms with Crippen molar-refractivity contribution >= 4 is 17.6 Å². The van der Waals surface area contributed by atoms with Crippen LogP contribution in [0.5, 0.6) is 0 Å². The molecule has 15 heavy (non-hydrogen) atoms. The smallest absolute Gasteiger partial charge is 0.315 e. The fourth-order valence-electron chi connectivity index (χ4n) is 1.86. The number of amides is 2. The number of carbonyl (C=O) groups excluding carboxylic acids is 1. The summed E-state index contributed by atoms with van der Waals surface area (Å²) < 4.78 is 0. The Bertz CT molecular complexity index is 201. The maximum absolute atomic E-state index is 11.4. The van der Waals surface area contributed by atoms with Crippen molar-refractivity contribution in [1.82, 2.24) is 15.5 Å². The molecule has 0 saturated carbocycles. The summed E-state index contributed by atoms with van der Waals surface area (Å²) in [6.45, 7) is 5.85. The Morgan fingerprint density at radius 1 is 1.60 bits per heavy atom. The van der Waals surface area contributed by atoms with Gasteiger partial charge in [0.1, 0.15) is 0 Å². The number of nitrogens with zero attached hydrogens (tertiary/aromatic N) is 1. The Kier molecular flexibility index (Phi) is 5.79. The first-order valence-corrected chi connectivity index (χ1v) is 6.12. The molecular formula is C10H20ClN3O. The number of hydrogen-bond donors (Lipinski definition) is 2. The summed E-state index contributed by atoms with van der Waals surface area (Å²) >= 11 is 5.48. The van der Waals surface area contributed by atoms with Crippen molar-refractivity contribution in [3.63, 3.8) is 0 Å². The topological polar surface area (TPSA) is 44.4 Å². The maximum atomic E-state index is 11.4. The zero-order chi connectivity index (χ0) is 11.1. The summed E-state index contributed by atoms with van der Waals surface area (Å²) in [6, 6.07) is 0.188. The van der Waals surface area contributed by atoms with Gasteiger partial charge >= 0.3 is 6.03 Å². The predicted molar refractivity (Wildman–Crippen MR) is 62.4 cm³/mol. The van der Waals surface area contributed by atoms with Gasteiger partial charge in [0.05, 0.1) is 0 Å². The zero-order valence-electron chi connectivity index (χ0n) is 9.26. The van der Waals surface area contributed by atoms with E-state index < -0.39 is 0 Å². The lowest BCUT2D eigenvalue weighted by Crippen LogP contribution is -2.50. The maximum Gasteiger partial charge on any atom is 0.315 e. The van der Waals surface area contributed by atoms with Crippen LogP contribution in [-0.4, -0.2) is 49.0 Å². The largest absolute Gasteiger partial charge is 0.337 e. The molecule has 1 unspecified atom stereocenters. The highest BCUT2D eigenvalue weighted by molar-refractivity contribution is 6.18. The molecule has 2 amide bonds. The average molecular weight is 234 g/mol. The van der Waals surface area contributed by atoms with E-state index in [0.29, 0.717) is 12.4 Å². The molecule has 0 aromatic rings. The second-order valence-corrected chi connectivity index (χ2v) is 4.20. The second kappa shape index (κ2) is 6.90. The van der Waals surface area contributed by atoms with Crippen LogP contribution in [0.3, 0.4) is 0 Å². The molecule has 0 spiro atoms. The molecule has 1 saturated heterocycles. The molecule has 0 aromatic heterocycles. The lowest BCUT2D eigenvalue weighted by Gasteiger charge is -2.32. The number of halogens is 1. The minimum absolute atomic E-state index is 0.0985. The third kappa shape index (κ3) is 4.71. The first kappa shape index (κ1) is 12.6. The molecule has 1 atom stereocenters. The fourth-order valence-corrected chi connectivity index (χ4v) is 1.95. The number of rotatable bonds is 4. The number of urea groups is 1. The van der Waals surface area contributed by atoms with Gasteiger partial charge in [0.15, 0.2) is 0 Å². The SMILES string of the molecule is CCN1CCCC(NC(=O)NCCCl)C1. The Morgan fingerprint density at radius 2 is 2.40 bits per heavy atom. The van der Waals surface area contributed by atoms with E-state index in [0.717, 1.165) is 32.5 Å². The Balaban J connectivity index is 2.22. The van der Waals surface area contributed by atoms with Gasteiger partial charge in [0.25, 0.3) is 0 Å². The Hall–Kier alpha value is -0.480. The summed E-state index contributed by atoms with van der Waals surface area (Å²) in [5, 5.41) is 5.68. The van der Waals surface area contributed by atoms with E-state index in [2.05, 4.69) is 22.5 Å². The lowest BCUT2D eigenvalue weighted by molar-refractivity contribution is 0.192. The average Bonchev–Trinajstić information content (AvgIpc) is 2.26. The number of piperidine rings is 1. The van der Waals surface area contributed by atoms with Crippen LogP contribution in [0.15, 0.2) is 0 Å². The van der Waals surface area contributed by atoms with Crippen LogP contribution in [0, 0.1) is 0 Å². The molecule has 1 rings (SSSR count). The molecule has 1 heterocycles. The van der Waals surface area contributed by atoms with Crippen molar-refractivity contribution in [2.45, 2.75) is 25.8 Å². The molecule has 2 N–H and O–H groups in total. The number of likely N-dealkylation sites (tertiary alicyclic amines) is 1. The lowest BCUT2D eigenvalue weighted by atomic mass is 10.1. The van der Waals surface area contributed by atoms with Crippen molar-refractivity contribution in [1.29, 1.82) is 0 Å². The molecule has 0 radical (unpaired) electrons. The van der Waals surface area contributed by atoms with Crippen molar-refractivity contribution < 1.29 is 4.79 Å². The van der Waals surface area contributed by atoms with E-state index in [1.54, 1.807) is 0 Å². The van der Waals surface area contributed by atoms with Crippen LogP contribution in [0.1, 0.15) is 19.8 Å². The first-order chi connectivity index (χ1) is 7.26. The molecule has 88 valence electrons. The molecule has 1 aliphatic heterocycles. The van der Waals surface area contributed by atoms with Crippen molar-refractivity contribution in [3.8, 4) is 0 Å². The third-order valence-electron chi connectivity index (χ3n) is 2.67. The second-order valence-electron chi connectivity index (χ2n) is 3.82. The van der Waals surface area contributed by atoms with E-state index in [1.807, 2.05) is 0 Å². The van der Waals surface area contributed by atoms with E-state index in [4.69, 9.17) is 11.6 Å². The van der Waals surface area contributed by atoms with Crippen molar-refractivity contribution in [3.05, 3.63) is 0 Å². The van der Waals surface area contributed by atoms with E-state index in [9.17, 15) is 4.79 Å². The standard InChI is InChI=1S/C10H20ClN3O/c1-2-14-7-3-4-9(8-14)13-10(15)12-6-5-11/h9H,2-8H2,1H3,(H2,12,13,15). The third-order valence-corrected chi connectivity index (χ3v) is 2.86. The van der Waals surface area contributed by atoms with Crippen LogP contribution in [0.25, 0.3) is 0 Å². The van der Waals surface area contributed by atoms with Crippen LogP contribution in [0.2, 0.25) is 0 Å². The highest BCUT2D eigenvalue weighted by Gasteiger charge is 2.19. The molecule has 1 fully saturated rings. The number of carbonyl (C=O) groups is 1. The molecule has 4 nitrogen and oxygen atoms in total. The van der Waals surface area contributed by atoms with Crippen LogP contribution < -0.4 is 10.6 Å². The Labute approximate surface area is 96.3 Å². The van der Waals surface area contributed by atoms with E-state index >= 15 is 0 Å². The van der Waals surface area contributed by atoms with Gasteiger partial charge in [0, 0.05) is 25.0 Å². The van der Waals surface area contributed by atoms with Crippen LogP contribution in [0.4, 0.5) is 4.79 Å². The molecular weight excluding hydrogens is 214 g/mol. The van der Waals surface area contributed by atoms with Gasteiger partial charge in [-0.1, -0.05) is 6.92 Å². The fraction of sp³-hybridized carbons (Fsp3) is 0.900. The first-order valence-electron chi connectivity index (χ1n) is 5.59. The van der Waals surface area contributed by atoms with Gasteiger partial charge in [-0.2, -0.15) is 0 Å². The van der Waals surface area contributed by atoms with Gasteiger partial charge in [-0.3, -0.25) is 0 Å². The minimum atomic E-state index is -0.0985. The van der Waals surface area contributed by atoms with E-state index in [-0.39, 0.29) is 12.1 Å². The number of likely N-dealkylation sites (N-methyl/N-ethyl adjacent to an activating group) is 1. The quantitative estimate of drug-likeness (QED) is 0.712. The van der Waals surface area contributed by atoms with Gasteiger partial charge in [-0.15, -0.1) is 11.6 Å². The van der Waals surface area contributed by atoms with Crippen molar-refractivity contribution in [2.24, 2.45) is 0 Å².